The summed E-state index contributed by atoms with van der Waals surface area (Å²) in [5.74, 6) is -0.0736. The first-order valence-electron chi connectivity index (χ1n) is 11.7. The second-order valence-electron chi connectivity index (χ2n) is 9.27. The molecule has 9 heteroatoms. The highest BCUT2D eigenvalue weighted by Gasteiger charge is 2.25. The van der Waals surface area contributed by atoms with Crippen molar-refractivity contribution < 1.29 is 9.59 Å². The van der Waals surface area contributed by atoms with Gasteiger partial charge in [0.2, 0.25) is 0 Å². The Kier molecular flexibility index (Phi) is 7.29. The van der Waals surface area contributed by atoms with Crippen molar-refractivity contribution in [3.63, 3.8) is 0 Å². The topological polar surface area (TPSA) is 82.5 Å². The van der Waals surface area contributed by atoms with Crippen LogP contribution in [0.4, 0.5) is 10.5 Å². The number of rotatable bonds is 8. The van der Waals surface area contributed by atoms with Crippen LogP contribution >= 0.6 is 11.9 Å². The molecule has 2 N–H and O–H groups in total. The van der Waals surface area contributed by atoms with Crippen LogP contribution in [0.3, 0.4) is 0 Å². The third-order valence-electron chi connectivity index (χ3n) is 6.48. The molecule has 33 heavy (non-hydrogen) atoms. The summed E-state index contributed by atoms with van der Waals surface area (Å²) in [6.07, 6.45) is 7.46. The highest BCUT2D eigenvalue weighted by atomic mass is 32.2. The van der Waals surface area contributed by atoms with Crippen molar-refractivity contribution in [3.8, 4) is 0 Å². The van der Waals surface area contributed by atoms with E-state index in [2.05, 4.69) is 26.1 Å². The Labute approximate surface area is 200 Å². The molecule has 1 aromatic carbocycles. The zero-order valence-corrected chi connectivity index (χ0v) is 20.8. The summed E-state index contributed by atoms with van der Waals surface area (Å²) in [5, 5.41) is 8.11. The minimum absolute atomic E-state index is 0.0736. The molecule has 178 valence electrons. The fourth-order valence-electron chi connectivity index (χ4n) is 4.82. The van der Waals surface area contributed by atoms with Crippen LogP contribution in [-0.2, 0) is 32.7 Å². The Morgan fingerprint density at radius 1 is 1.03 bits per heavy atom. The van der Waals surface area contributed by atoms with Gasteiger partial charge in [-0.3, -0.25) is 14.2 Å². The van der Waals surface area contributed by atoms with E-state index in [1.54, 1.807) is 29.7 Å². The van der Waals surface area contributed by atoms with Crippen molar-refractivity contribution in [2.75, 3.05) is 39.5 Å². The number of hydrogen-bond donors (Lipinski definition) is 2. The van der Waals surface area contributed by atoms with Gasteiger partial charge in [-0.15, -0.1) is 0 Å². The predicted octanol–water partition coefficient (Wildman–Crippen LogP) is 3.25. The molecule has 0 spiro atoms. The fraction of sp³-hybridized carbons (Fsp3) is 0.542. The molecule has 2 aliphatic carbocycles. The highest BCUT2D eigenvalue weighted by Crippen LogP contribution is 2.38. The number of nitrogens with one attached hydrogen (secondary N) is 2. The van der Waals surface area contributed by atoms with E-state index in [0.29, 0.717) is 17.3 Å². The maximum Gasteiger partial charge on any atom is 0.329 e. The lowest BCUT2D eigenvalue weighted by Gasteiger charge is -2.18. The van der Waals surface area contributed by atoms with E-state index in [-0.39, 0.29) is 11.9 Å². The van der Waals surface area contributed by atoms with Crippen molar-refractivity contribution in [1.82, 2.24) is 24.3 Å². The van der Waals surface area contributed by atoms with Crippen molar-refractivity contribution in [1.29, 1.82) is 0 Å². The standard InChI is InChI=1S/C24H34N6O2S/c1-28(2)12-7-13-29(3)23(31)20-15-21(26-30(20)4)33-27-24(32)25-22-18-10-5-8-16(18)14-17-9-6-11-19(17)22/h14-15H,5-13H2,1-4H3,(H2,25,27,32). The lowest BCUT2D eigenvalue weighted by Crippen LogP contribution is -2.31. The summed E-state index contributed by atoms with van der Waals surface area (Å²) >= 11 is 1.13. The van der Waals surface area contributed by atoms with Crippen molar-refractivity contribution in [3.05, 3.63) is 40.1 Å². The van der Waals surface area contributed by atoms with Crippen molar-refractivity contribution in [2.45, 2.75) is 50.0 Å². The fourth-order valence-corrected chi connectivity index (χ4v) is 5.40. The van der Waals surface area contributed by atoms with Gasteiger partial charge in [0.05, 0.1) is 0 Å². The van der Waals surface area contributed by atoms with Gasteiger partial charge in [-0.1, -0.05) is 6.07 Å². The zero-order valence-electron chi connectivity index (χ0n) is 20.0. The van der Waals surface area contributed by atoms with Gasteiger partial charge in [0.1, 0.15) is 10.7 Å². The van der Waals surface area contributed by atoms with Gasteiger partial charge < -0.3 is 15.1 Å². The average molecular weight is 471 g/mol. The van der Waals surface area contributed by atoms with Gasteiger partial charge in [-0.2, -0.15) is 5.10 Å². The molecular weight excluding hydrogens is 436 g/mol. The highest BCUT2D eigenvalue weighted by molar-refractivity contribution is 7.97. The molecule has 0 bridgehead atoms. The van der Waals surface area contributed by atoms with Crippen molar-refractivity contribution >= 4 is 29.6 Å². The molecule has 0 aliphatic heterocycles. The van der Waals surface area contributed by atoms with Crippen molar-refractivity contribution in [2.24, 2.45) is 7.05 Å². The maximum atomic E-state index is 12.8. The lowest BCUT2D eigenvalue weighted by molar-refractivity contribution is 0.0780. The first kappa shape index (κ1) is 23.6. The second kappa shape index (κ2) is 10.2. The molecule has 4 rings (SSSR count). The monoisotopic (exact) mass is 470 g/mol. The number of anilines is 1. The summed E-state index contributed by atoms with van der Waals surface area (Å²) in [5.41, 5.74) is 6.91. The second-order valence-corrected chi connectivity index (χ2v) is 10.1. The van der Waals surface area contributed by atoms with Gasteiger partial charge in [-0.25, -0.2) is 4.79 Å². The van der Waals surface area contributed by atoms with E-state index < -0.39 is 0 Å². The molecule has 2 aliphatic rings. The van der Waals surface area contributed by atoms with Crippen LogP contribution in [0.5, 0.6) is 0 Å². The van der Waals surface area contributed by atoms with Crippen LogP contribution in [0.15, 0.2) is 17.2 Å². The van der Waals surface area contributed by atoms with Gasteiger partial charge >= 0.3 is 6.03 Å². The van der Waals surface area contributed by atoms with E-state index in [1.807, 2.05) is 14.1 Å². The molecule has 3 amide bonds. The maximum absolute atomic E-state index is 12.8. The third kappa shape index (κ3) is 5.35. The molecule has 2 aromatic rings. The SMILES string of the molecule is CN(C)CCCN(C)C(=O)c1cc(SNC(=O)Nc2c3c(cc4c2CCC4)CCC3)nn1C. The molecule has 0 saturated carbocycles. The van der Waals surface area contributed by atoms with Crippen LogP contribution in [0.25, 0.3) is 0 Å². The number of carbonyl (C=O) groups is 2. The van der Waals surface area contributed by atoms with Crippen LogP contribution in [-0.4, -0.2) is 65.8 Å². The van der Waals surface area contributed by atoms with E-state index in [1.165, 1.54) is 22.3 Å². The third-order valence-corrected chi connectivity index (χ3v) is 7.18. The van der Waals surface area contributed by atoms with Gasteiger partial charge in [0.25, 0.3) is 5.91 Å². The van der Waals surface area contributed by atoms with Crippen LogP contribution in [0, 0.1) is 0 Å². The number of carbonyl (C=O) groups excluding carboxylic acids is 2. The van der Waals surface area contributed by atoms with Gasteiger partial charge in [0, 0.05) is 44.3 Å². The van der Waals surface area contributed by atoms with E-state index in [0.717, 1.165) is 69.1 Å². The number of fused-ring (bicyclic) bond motifs is 2. The number of urea groups is 1. The predicted molar refractivity (Wildman–Crippen MR) is 132 cm³/mol. The molecule has 1 aromatic heterocycles. The summed E-state index contributed by atoms with van der Waals surface area (Å²) in [7, 11) is 7.60. The molecule has 1 heterocycles. The Balaban J connectivity index is 1.36. The Bertz CT molecular complexity index is 1020. The number of aryl methyl sites for hydroxylation is 3. The molecule has 8 nitrogen and oxygen atoms in total. The van der Waals surface area contributed by atoms with E-state index >= 15 is 0 Å². The number of nitrogens with zero attached hydrogens (tertiary/aromatic N) is 4. The molecule has 0 radical (unpaired) electrons. The summed E-state index contributed by atoms with van der Waals surface area (Å²) in [6.45, 7) is 1.61. The Morgan fingerprint density at radius 3 is 2.33 bits per heavy atom. The van der Waals surface area contributed by atoms with Crippen LogP contribution in [0.2, 0.25) is 0 Å². The normalized spacial score (nSPS) is 14.3. The first-order valence-corrected chi connectivity index (χ1v) is 12.5. The smallest absolute Gasteiger partial charge is 0.329 e. The number of hydrogen-bond acceptors (Lipinski definition) is 5. The van der Waals surface area contributed by atoms with E-state index in [9.17, 15) is 9.59 Å². The summed E-state index contributed by atoms with van der Waals surface area (Å²) < 4.78 is 4.42. The minimum atomic E-state index is -0.256. The quantitative estimate of drug-likeness (QED) is 0.579. The Morgan fingerprint density at radius 2 is 1.70 bits per heavy atom. The summed E-state index contributed by atoms with van der Waals surface area (Å²) in [6, 6.07) is 3.83. The molecule has 0 atom stereocenters. The molecule has 0 unspecified atom stereocenters. The zero-order chi connectivity index (χ0) is 23.5. The summed E-state index contributed by atoms with van der Waals surface area (Å²) in [4.78, 5) is 29.3. The largest absolute Gasteiger partial charge is 0.340 e. The number of aromatic nitrogens is 2. The Hall–Kier alpha value is -2.52. The van der Waals surface area contributed by atoms with Crippen LogP contribution in [0.1, 0.15) is 52.0 Å². The number of amides is 3. The lowest BCUT2D eigenvalue weighted by atomic mass is 9.99. The number of benzene rings is 1. The minimum Gasteiger partial charge on any atom is -0.340 e. The van der Waals surface area contributed by atoms with Crippen LogP contribution < -0.4 is 10.0 Å². The van der Waals surface area contributed by atoms with E-state index in [4.69, 9.17) is 0 Å². The average Bonchev–Trinajstić information content (AvgIpc) is 3.50. The molecule has 0 fully saturated rings. The van der Waals surface area contributed by atoms with Gasteiger partial charge in [0.15, 0.2) is 0 Å². The van der Waals surface area contributed by atoms with Gasteiger partial charge in [-0.05, 0) is 87.8 Å². The molecular formula is C24H34N6O2S. The first-order chi connectivity index (χ1) is 15.8. The molecule has 0 saturated heterocycles.